The SMILES string of the molecule is Cc1ccc(CN2CCc3nnc(CCNC(=O)Cc4ccc(F)cc4)n3CC2)s1. The highest BCUT2D eigenvalue weighted by Gasteiger charge is 2.19. The molecule has 1 aromatic carbocycles. The van der Waals surface area contributed by atoms with E-state index in [0.717, 1.165) is 49.8 Å². The van der Waals surface area contributed by atoms with Gasteiger partial charge in [0.25, 0.3) is 0 Å². The first-order valence-corrected chi connectivity index (χ1v) is 11.1. The van der Waals surface area contributed by atoms with E-state index in [4.69, 9.17) is 0 Å². The number of aromatic nitrogens is 3. The maximum absolute atomic E-state index is 13.0. The fourth-order valence-corrected chi connectivity index (χ4v) is 4.66. The van der Waals surface area contributed by atoms with E-state index in [9.17, 15) is 9.18 Å². The van der Waals surface area contributed by atoms with Gasteiger partial charge in [0.05, 0.1) is 6.42 Å². The summed E-state index contributed by atoms with van der Waals surface area (Å²) in [5.41, 5.74) is 0.797. The number of halogens is 1. The van der Waals surface area contributed by atoms with Gasteiger partial charge in [-0.2, -0.15) is 0 Å². The Kier molecular flexibility index (Phi) is 6.54. The molecule has 0 aliphatic carbocycles. The molecule has 158 valence electrons. The molecule has 4 rings (SSSR count). The monoisotopic (exact) mass is 427 g/mol. The van der Waals surface area contributed by atoms with E-state index in [2.05, 4.69) is 44.0 Å². The van der Waals surface area contributed by atoms with Crippen molar-refractivity contribution < 1.29 is 9.18 Å². The summed E-state index contributed by atoms with van der Waals surface area (Å²) in [5, 5.41) is 11.7. The second-order valence-corrected chi connectivity index (χ2v) is 9.00. The van der Waals surface area contributed by atoms with Crippen LogP contribution in [0.25, 0.3) is 0 Å². The zero-order valence-corrected chi connectivity index (χ0v) is 17.9. The van der Waals surface area contributed by atoms with Crippen LogP contribution < -0.4 is 5.32 Å². The number of carbonyl (C=O) groups is 1. The zero-order valence-electron chi connectivity index (χ0n) is 17.1. The van der Waals surface area contributed by atoms with E-state index in [1.54, 1.807) is 12.1 Å². The quantitative estimate of drug-likeness (QED) is 0.630. The molecule has 0 radical (unpaired) electrons. The molecule has 1 aliphatic rings. The standard InChI is InChI=1S/C22H26FN5OS/c1-16-2-7-19(30-16)15-27-11-9-21-26-25-20(28(21)13-12-27)8-10-24-22(29)14-17-3-5-18(23)6-4-17/h2-7H,8-15H2,1H3,(H,24,29). The van der Waals surface area contributed by atoms with Crippen LogP contribution in [0.2, 0.25) is 0 Å². The van der Waals surface area contributed by atoms with E-state index in [1.165, 1.54) is 21.9 Å². The first-order chi connectivity index (χ1) is 14.6. The van der Waals surface area contributed by atoms with Gasteiger partial charge in [-0.05, 0) is 36.8 Å². The summed E-state index contributed by atoms with van der Waals surface area (Å²) >= 11 is 1.86. The van der Waals surface area contributed by atoms with Gasteiger partial charge in [0, 0.05) is 55.3 Å². The Bertz CT molecular complexity index is 997. The molecular weight excluding hydrogens is 401 g/mol. The van der Waals surface area contributed by atoms with Gasteiger partial charge in [0.15, 0.2) is 0 Å². The fraction of sp³-hybridized carbons (Fsp3) is 0.409. The second-order valence-electron chi connectivity index (χ2n) is 7.63. The number of aryl methyl sites for hydroxylation is 1. The van der Waals surface area contributed by atoms with Crippen LogP contribution in [0.5, 0.6) is 0 Å². The van der Waals surface area contributed by atoms with E-state index >= 15 is 0 Å². The molecule has 0 fully saturated rings. The van der Waals surface area contributed by atoms with Crippen LogP contribution in [0, 0.1) is 12.7 Å². The number of amides is 1. The van der Waals surface area contributed by atoms with Crippen molar-refractivity contribution in [2.75, 3.05) is 19.6 Å². The Labute approximate surface area is 179 Å². The van der Waals surface area contributed by atoms with Gasteiger partial charge < -0.3 is 9.88 Å². The van der Waals surface area contributed by atoms with Crippen molar-refractivity contribution in [1.29, 1.82) is 0 Å². The molecule has 3 heterocycles. The highest BCUT2D eigenvalue weighted by molar-refractivity contribution is 7.11. The Balaban J connectivity index is 1.26. The highest BCUT2D eigenvalue weighted by Crippen LogP contribution is 2.19. The lowest BCUT2D eigenvalue weighted by molar-refractivity contribution is -0.120. The van der Waals surface area contributed by atoms with Crippen LogP contribution in [-0.4, -0.2) is 45.2 Å². The van der Waals surface area contributed by atoms with Gasteiger partial charge in [0.2, 0.25) is 5.91 Å². The van der Waals surface area contributed by atoms with Crippen molar-refractivity contribution in [3.8, 4) is 0 Å². The van der Waals surface area contributed by atoms with Crippen molar-refractivity contribution in [3.05, 3.63) is 69.2 Å². The van der Waals surface area contributed by atoms with E-state index in [0.29, 0.717) is 13.0 Å². The largest absolute Gasteiger partial charge is 0.355 e. The molecular formula is C22H26FN5OS. The number of hydrogen-bond acceptors (Lipinski definition) is 5. The van der Waals surface area contributed by atoms with Gasteiger partial charge in [-0.15, -0.1) is 21.5 Å². The average Bonchev–Trinajstić information content (AvgIpc) is 3.25. The summed E-state index contributed by atoms with van der Waals surface area (Å²) in [7, 11) is 0. The molecule has 0 spiro atoms. The molecule has 0 saturated carbocycles. The summed E-state index contributed by atoms with van der Waals surface area (Å²) in [4.78, 5) is 17.3. The topological polar surface area (TPSA) is 63.1 Å². The van der Waals surface area contributed by atoms with Crippen LogP contribution in [0.15, 0.2) is 36.4 Å². The Hall–Kier alpha value is -2.58. The van der Waals surface area contributed by atoms with Crippen molar-refractivity contribution in [2.45, 2.75) is 39.3 Å². The maximum Gasteiger partial charge on any atom is 0.224 e. The molecule has 1 N–H and O–H groups in total. The van der Waals surface area contributed by atoms with Crippen LogP contribution in [0.4, 0.5) is 4.39 Å². The lowest BCUT2D eigenvalue weighted by Crippen LogP contribution is -2.28. The predicted molar refractivity (Wildman–Crippen MR) is 115 cm³/mol. The van der Waals surface area contributed by atoms with Crippen LogP contribution in [0.3, 0.4) is 0 Å². The smallest absolute Gasteiger partial charge is 0.224 e. The zero-order chi connectivity index (χ0) is 20.9. The fourth-order valence-electron chi connectivity index (χ4n) is 3.72. The van der Waals surface area contributed by atoms with Crippen molar-refractivity contribution in [2.24, 2.45) is 0 Å². The Morgan fingerprint density at radius 1 is 1.13 bits per heavy atom. The average molecular weight is 428 g/mol. The summed E-state index contributed by atoms with van der Waals surface area (Å²) in [6, 6.07) is 10.4. The molecule has 8 heteroatoms. The summed E-state index contributed by atoms with van der Waals surface area (Å²) in [6.45, 7) is 6.44. The minimum absolute atomic E-state index is 0.0744. The van der Waals surface area contributed by atoms with Crippen LogP contribution >= 0.6 is 11.3 Å². The first-order valence-electron chi connectivity index (χ1n) is 10.3. The second kappa shape index (κ2) is 9.49. The first kappa shape index (κ1) is 20.7. The highest BCUT2D eigenvalue weighted by atomic mass is 32.1. The number of rotatable bonds is 7. The number of benzene rings is 1. The number of thiophene rings is 1. The lowest BCUT2D eigenvalue weighted by atomic mass is 10.1. The molecule has 30 heavy (non-hydrogen) atoms. The number of carbonyl (C=O) groups excluding carboxylic acids is 1. The molecule has 0 atom stereocenters. The van der Waals surface area contributed by atoms with Gasteiger partial charge in [-0.25, -0.2) is 4.39 Å². The number of nitrogens with zero attached hydrogens (tertiary/aromatic N) is 4. The van der Waals surface area contributed by atoms with Gasteiger partial charge in [-0.1, -0.05) is 12.1 Å². The molecule has 1 amide bonds. The third-order valence-corrected chi connectivity index (χ3v) is 6.31. The summed E-state index contributed by atoms with van der Waals surface area (Å²) < 4.78 is 15.2. The van der Waals surface area contributed by atoms with Gasteiger partial charge in [0.1, 0.15) is 17.5 Å². The third kappa shape index (κ3) is 5.31. The molecule has 2 aromatic heterocycles. The molecule has 0 saturated heterocycles. The normalized spacial score (nSPS) is 14.3. The number of fused-ring (bicyclic) bond motifs is 1. The summed E-state index contributed by atoms with van der Waals surface area (Å²) in [5.74, 6) is 1.57. The Morgan fingerprint density at radius 2 is 1.97 bits per heavy atom. The molecule has 0 unspecified atom stereocenters. The summed E-state index contributed by atoms with van der Waals surface area (Å²) in [6.07, 6.45) is 1.77. The van der Waals surface area contributed by atoms with Crippen molar-refractivity contribution in [1.82, 2.24) is 25.0 Å². The molecule has 6 nitrogen and oxygen atoms in total. The van der Waals surface area contributed by atoms with Crippen molar-refractivity contribution >= 4 is 17.2 Å². The molecule has 3 aromatic rings. The minimum Gasteiger partial charge on any atom is -0.355 e. The molecule has 1 aliphatic heterocycles. The van der Waals surface area contributed by atoms with Crippen molar-refractivity contribution in [3.63, 3.8) is 0 Å². The lowest BCUT2D eigenvalue weighted by Gasteiger charge is -2.18. The van der Waals surface area contributed by atoms with E-state index < -0.39 is 0 Å². The number of hydrogen-bond donors (Lipinski definition) is 1. The van der Waals surface area contributed by atoms with E-state index in [-0.39, 0.29) is 18.1 Å². The number of nitrogens with one attached hydrogen (secondary N) is 1. The maximum atomic E-state index is 13.0. The van der Waals surface area contributed by atoms with E-state index in [1.807, 2.05) is 11.3 Å². The van der Waals surface area contributed by atoms with Crippen LogP contribution in [0.1, 0.15) is 27.0 Å². The third-order valence-electron chi connectivity index (χ3n) is 5.32. The minimum atomic E-state index is -0.296. The molecule has 0 bridgehead atoms. The van der Waals surface area contributed by atoms with Gasteiger partial charge in [-0.3, -0.25) is 9.69 Å². The predicted octanol–water partition coefficient (Wildman–Crippen LogP) is 2.75. The Morgan fingerprint density at radius 3 is 2.73 bits per heavy atom. The van der Waals surface area contributed by atoms with Crippen LogP contribution in [-0.2, 0) is 37.1 Å². The van der Waals surface area contributed by atoms with Gasteiger partial charge >= 0.3 is 0 Å².